The van der Waals surface area contributed by atoms with Crippen molar-refractivity contribution in [2.45, 2.75) is 20.4 Å². The molecule has 2 N–H and O–H groups in total. The zero-order valence-corrected chi connectivity index (χ0v) is 15.7. The lowest BCUT2D eigenvalue weighted by molar-refractivity contribution is 0.0955. The van der Waals surface area contributed by atoms with Crippen molar-refractivity contribution in [1.29, 1.82) is 0 Å². The van der Waals surface area contributed by atoms with Crippen LogP contribution in [0, 0.1) is 13.8 Å². The lowest BCUT2D eigenvalue weighted by Gasteiger charge is -2.07. The number of aromatic nitrogens is 2. The molecule has 1 amide bonds. The molecule has 2 aromatic carbocycles. The van der Waals surface area contributed by atoms with Crippen LogP contribution in [0.1, 0.15) is 32.9 Å². The van der Waals surface area contributed by atoms with E-state index in [2.05, 4.69) is 15.6 Å². The molecule has 0 unspecified atom stereocenters. The number of hydrogen-bond donors (Lipinski definition) is 2. The molecule has 138 valence electrons. The number of carbonyl (C=O) groups is 1. The molecule has 0 saturated carbocycles. The normalized spacial score (nSPS) is 11.1. The zero-order chi connectivity index (χ0) is 19.4. The Morgan fingerprint density at radius 1 is 1.26 bits per heavy atom. The van der Waals surface area contributed by atoms with E-state index >= 15 is 0 Å². The number of aromatic hydroxyl groups is 1. The Bertz CT molecular complexity index is 1010. The summed E-state index contributed by atoms with van der Waals surface area (Å²) < 4.78 is 1.90. The Kier molecular flexibility index (Phi) is 5.57. The van der Waals surface area contributed by atoms with E-state index < -0.39 is 0 Å². The first-order valence-corrected chi connectivity index (χ1v) is 8.72. The Morgan fingerprint density at radius 3 is 2.81 bits per heavy atom. The number of halogens is 1. The topological polar surface area (TPSA) is 79.5 Å². The molecule has 27 heavy (non-hydrogen) atoms. The van der Waals surface area contributed by atoms with Gasteiger partial charge in [-0.15, -0.1) is 0 Å². The van der Waals surface area contributed by atoms with Crippen LogP contribution in [0.15, 0.2) is 53.6 Å². The molecule has 6 nitrogen and oxygen atoms in total. The fourth-order valence-electron chi connectivity index (χ4n) is 2.67. The third-order valence-electron chi connectivity index (χ3n) is 3.98. The lowest BCUT2D eigenvalue weighted by atomic mass is 10.1. The third kappa shape index (κ3) is 4.74. The molecule has 1 aromatic heterocycles. The summed E-state index contributed by atoms with van der Waals surface area (Å²) in [6.07, 6.45) is 1.35. The number of aryl methyl sites for hydroxylation is 2. The SMILES string of the molecule is Cc1cc(C)n(Cc2cccc(C(=O)NN=Cc3cc(Cl)ccc3O)c2)n1. The molecule has 0 aliphatic carbocycles. The van der Waals surface area contributed by atoms with Crippen LogP contribution in [0.4, 0.5) is 0 Å². The van der Waals surface area contributed by atoms with E-state index in [0.29, 0.717) is 22.7 Å². The van der Waals surface area contributed by atoms with E-state index in [1.807, 2.05) is 36.7 Å². The molecular formula is C20H19ClN4O2. The Labute approximate surface area is 162 Å². The zero-order valence-electron chi connectivity index (χ0n) is 15.0. The quantitative estimate of drug-likeness (QED) is 0.522. The molecule has 0 spiro atoms. The molecule has 0 atom stereocenters. The van der Waals surface area contributed by atoms with Crippen LogP contribution in [0.5, 0.6) is 5.75 Å². The largest absolute Gasteiger partial charge is 0.507 e. The fourth-order valence-corrected chi connectivity index (χ4v) is 2.85. The maximum atomic E-state index is 12.3. The van der Waals surface area contributed by atoms with Crippen molar-refractivity contribution in [3.8, 4) is 5.75 Å². The Morgan fingerprint density at radius 2 is 2.07 bits per heavy atom. The monoisotopic (exact) mass is 382 g/mol. The standard InChI is InChI=1S/C20H19ClN4O2/c1-13-8-14(2)25(24-13)12-15-4-3-5-16(9-15)20(27)23-22-11-17-10-18(21)6-7-19(17)26/h3-11,26H,12H2,1-2H3,(H,23,27). The highest BCUT2D eigenvalue weighted by Gasteiger charge is 2.07. The highest BCUT2D eigenvalue weighted by molar-refractivity contribution is 6.30. The summed E-state index contributed by atoms with van der Waals surface area (Å²) in [5.41, 5.74) is 6.34. The predicted octanol–water partition coefficient (Wildman–Crippen LogP) is 3.67. The van der Waals surface area contributed by atoms with E-state index in [1.54, 1.807) is 24.3 Å². The molecule has 0 aliphatic heterocycles. The van der Waals surface area contributed by atoms with Gasteiger partial charge >= 0.3 is 0 Å². The number of phenols is 1. The number of carbonyl (C=O) groups excluding carboxylic acids is 1. The van der Waals surface area contributed by atoms with Crippen molar-refractivity contribution >= 4 is 23.7 Å². The van der Waals surface area contributed by atoms with E-state index in [-0.39, 0.29) is 11.7 Å². The summed E-state index contributed by atoms with van der Waals surface area (Å²) in [6, 6.07) is 13.9. The predicted molar refractivity (Wildman–Crippen MR) is 105 cm³/mol. The number of hydrogen-bond acceptors (Lipinski definition) is 4. The van der Waals surface area contributed by atoms with Crippen molar-refractivity contribution in [3.63, 3.8) is 0 Å². The lowest BCUT2D eigenvalue weighted by Crippen LogP contribution is -2.18. The van der Waals surface area contributed by atoms with E-state index in [4.69, 9.17) is 11.6 Å². The van der Waals surface area contributed by atoms with Gasteiger partial charge in [-0.1, -0.05) is 23.7 Å². The number of nitrogens with zero attached hydrogens (tertiary/aromatic N) is 3. The van der Waals surface area contributed by atoms with Gasteiger partial charge in [0.1, 0.15) is 5.75 Å². The minimum atomic E-state index is -0.344. The molecule has 3 aromatic rings. The van der Waals surface area contributed by atoms with Crippen LogP contribution in [0.2, 0.25) is 5.02 Å². The van der Waals surface area contributed by atoms with Gasteiger partial charge in [0.05, 0.1) is 18.5 Å². The van der Waals surface area contributed by atoms with Crippen LogP contribution in [0.25, 0.3) is 0 Å². The van der Waals surface area contributed by atoms with E-state index in [1.165, 1.54) is 12.3 Å². The van der Waals surface area contributed by atoms with Crippen LogP contribution in [0.3, 0.4) is 0 Å². The first-order valence-electron chi connectivity index (χ1n) is 8.34. The van der Waals surface area contributed by atoms with Crippen LogP contribution >= 0.6 is 11.6 Å². The van der Waals surface area contributed by atoms with Gasteiger partial charge in [-0.3, -0.25) is 9.48 Å². The van der Waals surface area contributed by atoms with Gasteiger partial charge in [0, 0.05) is 21.8 Å². The average Bonchev–Trinajstić information content (AvgIpc) is 2.95. The molecule has 1 heterocycles. The van der Waals surface area contributed by atoms with Crippen LogP contribution in [-0.4, -0.2) is 27.0 Å². The summed E-state index contributed by atoms with van der Waals surface area (Å²) in [5.74, 6) is -0.313. The summed E-state index contributed by atoms with van der Waals surface area (Å²) in [4.78, 5) is 12.3. The van der Waals surface area contributed by atoms with E-state index in [0.717, 1.165) is 17.0 Å². The fraction of sp³-hybridized carbons (Fsp3) is 0.150. The average molecular weight is 383 g/mol. The van der Waals surface area contributed by atoms with Crippen molar-refractivity contribution in [3.05, 3.63) is 81.6 Å². The highest BCUT2D eigenvalue weighted by atomic mass is 35.5. The van der Waals surface area contributed by atoms with E-state index in [9.17, 15) is 9.90 Å². The van der Waals surface area contributed by atoms with Crippen molar-refractivity contribution in [1.82, 2.24) is 15.2 Å². The number of rotatable bonds is 5. The molecule has 7 heteroatoms. The second-order valence-corrected chi connectivity index (χ2v) is 6.62. The molecule has 0 fully saturated rings. The number of amides is 1. The van der Waals surface area contributed by atoms with Crippen molar-refractivity contribution < 1.29 is 9.90 Å². The molecule has 3 rings (SSSR count). The summed E-state index contributed by atoms with van der Waals surface area (Å²) in [7, 11) is 0. The number of nitrogens with one attached hydrogen (secondary N) is 1. The number of phenolic OH excluding ortho intramolecular Hbond substituents is 1. The van der Waals surface area contributed by atoms with Gasteiger partial charge in [0.15, 0.2) is 0 Å². The van der Waals surface area contributed by atoms with Crippen LogP contribution in [-0.2, 0) is 6.54 Å². The van der Waals surface area contributed by atoms with Gasteiger partial charge in [-0.05, 0) is 55.8 Å². The molecule has 0 radical (unpaired) electrons. The third-order valence-corrected chi connectivity index (χ3v) is 4.22. The first kappa shape index (κ1) is 18.7. The van der Waals surface area contributed by atoms with Crippen LogP contribution < -0.4 is 5.43 Å². The van der Waals surface area contributed by atoms with Gasteiger partial charge in [-0.2, -0.15) is 10.2 Å². The number of benzene rings is 2. The maximum absolute atomic E-state index is 12.3. The smallest absolute Gasteiger partial charge is 0.271 e. The minimum absolute atomic E-state index is 0.0317. The molecule has 0 saturated heterocycles. The second kappa shape index (κ2) is 8.05. The van der Waals surface area contributed by atoms with Gasteiger partial charge in [-0.25, -0.2) is 5.43 Å². The highest BCUT2D eigenvalue weighted by Crippen LogP contribution is 2.19. The second-order valence-electron chi connectivity index (χ2n) is 6.19. The first-order chi connectivity index (χ1) is 12.9. The Balaban J connectivity index is 1.69. The van der Waals surface area contributed by atoms with Gasteiger partial charge in [0.25, 0.3) is 5.91 Å². The van der Waals surface area contributed by atoms with Gasteiger partial charge < -0.3 is 5.11 Å². The van der Waals surface area contributed by atoms with Gasteiger partial charge in [0.2, 0.25) is 0 Å². The molecule has 0 bridgehead atoms. The van der Waals surface area contributed by atoms with Crippen molar-refractivity contribution in [2.75, 3.05) is 0 Å². The minimum Gasteiger partial charge on any atom is -0.507 e. The summed E-state index contributed by atoms with van der Waals surface area (Å²) in [6.45, 7) is 4.53. The maximum Gasteiger partial charge on any atom is 0.271 e. The summed E-state index contributed by atoms with van der Waals surface area (Å²) >= 11 is 5.88. The summed E-state index contributed by atoms with van der Waals surface area (Å²) in [5, 5.41) is 18.5. The number of hydrazone groups is 1. The Hall–Kier alpha value is -3.12. The molecule has 0 aliphatic rings. The van der Waals surface area contributed by atoms with Crippen molar-refractivity contribution in [2.24, 2.45) is 5.10 Å². The molecular weight excluding hydrogens is 364 g/mol.